The molecule has 18 heavy (non-hydrogen) atoms. The summed E-state index contributed by atoms with van der Waals surface area (Å²) in [7, 11) is 4.21. The van der Waals surface area contributed by atoms with Gasteiger partial charge in [0.2, 0.25) is 0 Å². The lowest BCUT2D eigenvalue weighted by atomic mass is 10.0. The van der Waals surface area contributed by atoms with Crippen molar-refractivity contribution in [2.24, 2.45) is 5.92 Å². The molecule has 0 amide bonds. The van der Waals surface area contributed by atoms with Gasteiger partial charge in [-0.15, -0.1) is 0 Å². The van der Waals surface area contributed by atoms with E-state index in [9.17, 15) is 0 Å². The first-order valence-electron chi connectivity index (χ1n) is 6.34. The number of halogens is 1. The van der Waals surface area contributed by atoms with Crippen LogP contribution in [0.2, 0.25) is 0 Å². The molecule has 0 fully saturated rings. The number of hydrogen-bond acceptors (Lipinski definition) is 3. The van der Waals surface area contributed by atoms with E-state index in [0.29, 0.717) is 12.0 Å². The SMILES string of the molecule is CC(C)CC(CN(C)C)Nc1ccc(N)cc1Br. The molecule has 0 aliphatic carbocycles. The number of nitrogens with zero attached hydrogens (tertiary/aromatic N) is 1. The number of anilines is 2. The van der Waals surface area contributed by atoms with Gasteiger partial charge in [0, 0.05) is 28.4 Å². The van der Waals surface area contributed by atoms with Crippen LogP contribution in [0.4, 0.5) is 11.4 Å². The quantitative estimate of drug-likeness (QED) is 0.791. The molecule has 1 unspecified atom stereocenters. The van der Waals surface area contributed by atoms with Gasteiger partial charge in [0.1, 0.15) is 0 Å². The van der Waals surface area contributed by atoms with Gasteiger partial charge in [0.25, 0.3) is 0 Å². The lowest BCUT2D eigenvalue weighted by Crippen LogP contribution is -2.33. The second-order valence-electron chi connectivity index (χ2n) is 5.47. The minimum Gasteiger partial charge on any atom is -0.399 e. The molecule has 0 bridgehead atoms. The highest BCUT2D eigenvalue weighted by Crippen LogP contribution is 2.26. The largest absolute Gasteiger partial charge is 0.399 e. The van der Waals surface area contributed by atoms with E-state index in [2.05, 4.69) is 54.1 Å². The number of nitrogens with one attached hydrogen (secondary N) is 1. The van der Waals surface area contributed by atoms with E-state index >= 15 is 0 Å². The van der Waals surface area contributed by atoms with Crippen LogP contribution >= 0.6 is 15.9 Å². The summed E-state index contributed by atoms with van der Waals surface area (Å²) in [4.78, 5) is 2.21. The van der Waals surface area contributed by atoms with E-state index in [1.165, 1.54) is 0 Å². The van der Waals surface area contributed by atoms with Crippen LogP contribution < -0.4 is 11.1 Å². The average Bonchev–Trinajstić information content (AvgIpc) is 2.20. The first kappa shape index (κ1) is 15.3. The van der Waals surface area contributed by atoms with Crippen LogP contribution in [0.1, 0.15) is 20.3 Å². The predicted octanol–water partition coefficient (Wildman–Crippen LogP) is 3.42. The summed E-state index contributed by atoms with van der Waals surface area (Å²) in [5.74, 6) is 0.676. The fraction of sp³-hybridized carbons (Fsp3) is 0.571. The molecule has 3 N–H and O–H groups in total. The summed E-state index contributed by atoms with van der Waals surface area (Å²) in [5.41, 5.74) is 7.64. The summed E-state index contributed by atoms with van der Waals surface area (Å²) in [6.45, 7) is 5.53. The van der Waals surface area contributed by atoms with E-state index < -0.39 is 0 Å². The normalized spacial score (nSPS) is 13.1. The number of benzene rings is 1. The van der Waals surface area contributed by atoms with Gasteiger partial charge >= 0.3 is 0 Å². The standard InChI is InChI=1S/C14H24BrN3/c1-10(2)7-12(9-18(3)4)17-14-6-5-11(16)8-13(14)15/h5-6,8,10,12,17H,7,9,16H2,1-4H3. The van der Waals surface area contributed by atoms with Crippen LogP contribution in [0.15, 0.2) is 22.7 Å². The molecule has 0 aliphatic heterocycles. The molecule has 1 aromatic rings. The molecule has 0 spiro atoms. The molecule has 1 aromatic carbocycles. The van der Waals surface area contributed by atoms with E-state index in [0.717, 1.165) is 28.8 Å². The van der Waals surface area contributed by atoms with Crippen molar-refractivity contribution in [1.29, 1.82) is 0 Å². The van der Waals surface area contributed by atoms with Gasteiger partial charge in [-0.25, -0.2) is 0 Å². The fourth-order valence-electron chi connectivity index (χ4n) is 2.06. The first-order chi connectivity index (χ1) is 8.38. The molecule has 0 radical (unpaired) electrons. The van der Waals surface area contributed by atoms with Crippen molar-refractivity contribution in [3.8, 4) is 0 Å². The zero-order chi connectivity index (χ0) is 13.7. The predicted molar refractivity (Wildman–Crippen MR) is 84.0 cm³/mol. The average molecular weight is 314 g/mol. The topological polar surface area (TPSA) is 41.3 Å². The Balaban J connectivity index is 2.75. The van der Waals surface area contributed by atoms with E-state index in [-0.39, 0.29) is 0 Å². The van der Waals surface area contributed by atoms with Crippen molar-refractivity contribution in [3.63, 3.8) is 0 Å². The van der Waals surface area contributed by atoms with Crippen molar-refractivity contribution in [2.45, 2.75) is 26.3 Å². The Labute approximate surface area is 119 Å². The van der Waals surface area contributed by atoms with E-state index in [1.807, 2.05) is 18.2 Å². The van der Waals surface area contributed by atoms with Crippen LogP contribution in [-0.2, 0) is 0 Å². The Morgan fingerprint density at radius 3 is 2.50 bits per heavy atom. The summed E-state index contributed by atoms with van der Waals surface area (Å²) in [6.07, 6.45) is 1.15. The second kappa shape index (κ2) is 7.00. The number of rotatable bonds is 6. The minimum absolute atomic E-state index is 0.444. The molecule has 102 valence electrons. The van der Waals surface area contributed by atoms with E-state index in [4.69, 9.17) is 5.73 Å². The zero-order valence-electron chi connectivity index (χ0n) is 11.7. The maximum absolute atomic E-state index is 5.75. The lowest BCUT2D eigenvalue weighted by Gasteiger charge is -2.25. The second-order valence-corrected chi connectivity index (χ2v) is 6.33. The van der Waals surface area contributed by atoms with Gasteiger partial charge in [0.15, 0.2) is 0 Å². The smallest absolute Gasteiger partial charge is 0.0488 e. The summed E-state index contributed by atoms with van der Waals surface area (Å²) < 4.78 is 1.02. The van der Waals surface area contributed by atoms with Crippen LogP contribution in [0, 0.1) is 5.92 Å². The molecule has 1 atom stereocenters. The Hall–Kier alpha value is -0.740. The lowest BCUT2D eigenvalue weighted by molar-refractivity contribution is 0.356. The molecule has 0 saturated heterocycles. The maximum Gasteiger partial charge on any atom is 0.0488 e. The highest BCUT2D eigenvalue weighted by Gasteiger charge is 2.13. The summed E-state index contributed by atoms with van der Waals surface area (Å²) >= 11 is 3.55. The van der Waals surface area contributed by atoms with Crippen molar-refractivity contribution >= 4 is 27.3 Å². The number of nitrogens with two attached hydrogens (primary N) is 1. The molecule has 4 heteroatoms. The Bertz CT molecular complexity index is 367. The van der Waals surface area contributed by atoms with Gasteiger partial charge in [-0.1, -0.05) is 13.8 Å². The Morgan fingerprint density at radius 1 is 1.33 bits per heavy atom. The molecule has 0 saturated carbocycles. The van der Waals surface area contributed by atoms with Crippen LogP contribution in [0.5, 0.6) is 0 Å². The first-order valence-corrected chi connectivity index (χ1v) is 7.14. The number of likely N-dealkylation sites (N-methyl/N-ethyl adjacent to an activating group) is 1. The van der Waals surface area contributed by atoms with Crippen LogP contribution in [0.3, 0.4) is 0 Å². The minimum atomic E-state index is 0.444. The molecular formula is C14H24BrN3. The van der Waals surface area contributed by atoms with Crippen molar-refractivity contribution in [2.75, 3.05) is 31.7 Å². The maximum atomic E-state index is 5.75. The number of nitrogen functional groups attached to an aromatic ring is 1. The molecular weight excluding hydrogens is 290 g/mol. The van der Waals surface area contributed by atoms with Crippen LogP contribution in [-0.4, -0.2) is 31.6 Å². The third-order valence-electron chi connectivity index (χ3n) is 2.69. The molecule has 3 nitrogen and oxygen atoms in total. The molecule has 0 aliphatic rings. The molecule has 0 aromatic heterocycles. The Morgan fingerprint density at radius 2 is 2.00 bits per heavy atom. The zero-order valence-corrected chi connectivity index (χ0v) is 13.3. The van der Waals surface area contributed by atoms with Gasteiger partial charge in [0.05, 0.1) is 0 Å². The van der Waals surface area contributed by atoms with Crippen molar-refractivity contribution in [1.82, 2.24) is 4.90 Å². The third kappa shape index (κ3) is 5.27. The molecule has 1 rings (SSSR count). The van der Waals surface area contributed by atoms with Gasteiger partial charge in [-0.05, 0) is 60.6 Å². The van der Waals surface area contributed by atoms with Crippen molar-refractivity contribution < 1.29 is 0 Å². The third-order valence-corrected chi connectivity index (χ3v) is 3.35. The van der Waals surface area contributed by atoms with Gasteiger partial charge in [-0.2, -0.15) is 0 Å². The van der Waals surface area contributed by atoms with E-state index in [1.54, 1.807) is 0 Å². The fourth-order valence-corrected chi connectivity index (χ4v) is 2.57. The highest BCUT2D eigenvalue weighted by molar-refractivity contribution is 9.10. The van der Waals surface area contributed by atoms with Gasteiger partial charge < -0.3 is 16.0 Å². The number of hydrogen-bond donors (Lipinski definition) is 2. The molecule has 0 heterocycles. The Kier molecular flexibility index (Phi) is 5.96. The summed E-state index contributed by atoms with van der Waals surface area (Å²) in [6, 6.07) is 6.34. The van der Waals surface area contributed by atoms with Crippen LogP contribution in [0.25, 0.3) is 0 Å². The highest BCUT2D eigenvalue weighted by atomic mass is 79.9. The van der Waals surface area contributed by atoms with Crippen molar-refractivity contribution in [3.05, 3.63) is 22.7 Å². The monoisotopic (exact) mass is 313 g/mol. The summed E-state index contributed by atoms with van der Waals surface area (Å²) in [5, 5.41) is 3.59. The van der Waals surface area contributed by atoms with Gasteiger partial charge in [-0.3, -0.25) is 0 Å².